The Balaban J connectivity index is 1.77. The summed E-state index contributed by atoms with van der Waals surface area (Å²) in [6.45, 7) is 3.90. The molecule has 0 aliphatic carbocycles. The number of benzene rings is 2. The summed E-state index contributed by atoms with van der Waals surface area (Å²) >= 11 is 0. The number of esters is 2. The third kappa shape index (κ3) is 5.78. The third-order valence-corrected chi connectivity index (χ3v) is 4.63. The Bertz CT molecular complexity index is 1260. The van der Waals surface area contributed by atoms with E-state index >= 15 is 0 Å². The number of para-hydroxylation sites is 1. The van der Waals surface area contributed by atoms with Gasteiger partial charge in [-0.3, -0.25) is 4.79 Å². The van der Waals surface area contributed by atoms with E-state index in [9.17, 15) is 19.6 Å². The lowest BCUT2D eigenvalue weighted by Crippen LogP contribution is -2.17. The molecule has 1 amide bonds. The largest absolute Gasteiger partial charge is 0.462 e. The van der Waals surface area contributed by atoms with Gasteiger partial charge in [0.2, 0.25) is 0 Å². The highest BCUT2D eigenvalue weighted by Crippen LogP contribution is 2.24. The van der Waals surface area contributed by atoms with Gasteiger partial charge in [0.1, 0.15) is 23.2 Å². The number of carbonyl (C=O) groups is 3. The molecule has 0 atom stereocenters. The highest BCUT2D eigenvalue weighted by molar-refractivity contribution is 6.11. The Morgan fingerprint density at radius 3 is 2.29 bits per heavy atom. The first-order valence-corrected chi connectivity index (χ1v) is 10.5. The average Bonchev–Trinajstić information content (AvgIpc) is 3.32. The topological polar surface area (TPSA) is 119 Å². The van der Waals surface area contributed by atoms with Crippen LogP contribution in [0.25, 0.3) is 17.4 Å². The molecule has 0 aliphatic heterocycles. The molecule has 3 rings (SSSR count). The van der Waals surface area contributed by atoms with Crippen LogP contribution in [0.5, 0.6) is 0 Å². The zero-order valence-electron chi connectivity index (χ0n) is 18.7. The van der Waals surface area contributed by atoms with E-state index in [1.807, 2.05) is 6.07 Å². The molecule has 0 fully saturated rings. The number of hydrogen-bond acceptors (Lipinski definition) is 7. The number of furan rings is 1. The molecule has 0 aliphatic rings. The Morgan fingerprint density at radius 2 is 1.62 bits per heavy atom. The molecule has 0 radical (unpaired) electrons. The lowest BCUT2D eigenvalue weighted by molar-refractivity contribution is -0.112. The fraction of sp³-hybridized carbons (Fsp3) is 0.154. The Kier molecular flexibility index (Phi) is 7.97. The van der Waals surface area contributed by atoms with E-state index in [0.717, 1.165) is 0 Å². The van der Waals surface area contributed by atoms with Gasteiger partial charge >= 0.3 is 11.9 Å². The van der Waals surface area contributed by atoms with Crippen molar-refractivity contribution in [2.45, 2.75) is 13.8 Å². The predicted molar refractivity (Wildman–Crippen MR) is 125 cm³/mol. The molecular formula is C26H22N2O6. The molecule has 0 unspecified atom stereocenters. The zero-order chi connectivity index (χ0) is 24.5. The number of ether oxygens (including phenoxy) is 2. The average molecular weight is 458 g/mol. The summed E-state index contributed by atoms with van der Waals surface area (Å²) in [6, 6.07) is 18.2. The standard InChI is InChI=1S/C26H22N2O6/c1-3-32-25(30)18-11-9-17(10-12-18)23-14-13-20(34-23)15-19(16-27)24(29)28-22-8-6-5-7-21(22)26(31)33-4-2/h5-15H,3-4H2,1-2H3,(H,28,29). The summed E-state index contributed by atoms with van der Waals surface area (Å²) in [4.78, 5) is 36.6. The van der Waals surface area contributed by atoms with Crippen molar-refractivity contribution in [1.82, 2.24) is 0 Å². The number of amides is 1. The SMILES string of the molecule is CCOC(=O)c1ccc(-c2ccc(C=C(C#N)C(=O)Nc3ccccc3C(=O)OCC)o2)cc1. The van der Waals surface area contributed by atoms with Gasteiger partial charge in [-0.05, 0) is 50.2 Å². The van der Waals surface area contributed by atoms with Gasteiger partial charge in [0.25, 0.3) is 5.91 Å². The van der Waals surface area contributed by atoms with Crippen LogP contribution < -0.4 is 5.32 Å². The molecule has 8 nitrogen and oxygen atoms in total. The van der Waals surface area contributed by atoms with E-state index < -0.39 is 17.8 Å². The van der Waals surface area contributed by atoms with Crippen LogP contribution in [0.1, 0.15) is 40.3 Å². The van der Waals surface area contributed by atoms with E-state index in [1.54, 1.807) is 68.4 Å². The number of anilines is 1. The van der Waals surface area contributed by atoms with Gasteiger partial charge in [0.05, 0.1) is 30.0 Å². The maximum absolute atomic E-state index is 12.7. The minimum atomic E-state index is -0.698. The molecule has 172 valence electrons. The molecule has 8 heteroatoms. The lowest BCUT2D eigenvalue weighted by Gasteiger charge is -2.09. The van der Waals surface area contributed by atoms with Crippen molar-refractivity contribution in [3.63, 3.8) is 0 Å². The number of carbonyl (C=O) groups excluding carboxylic acids is 3. The Labute approximate surface area is 196 Å². The molecule has 3 aromatic rings. The molecule has 34 heavy (non-hydrogen) atoms. The Morgan fingerprint density at radius 1 is 0.941 bits per heavy atom. The number of rotatable bonds is 8. The van der Waals surface area contributed by atoms with Gasteiger partial charge in [-0.15, -0.1) is 0 Å². The van der Waals surface area contributed by atoms with Crippen molar-refractivity contribution in [1.29, 1.82) is 5.26 Å². The first-order chi connectivity index (χ1) is 16.5. The number of hydrogen-bond donors (Lipinski definition) is 1. The number of nitrogens with one attached hydrogen (secondary N) is 1. The number of nitriles is 1. The van der Waals surface area contributed by atoms with Crippen LogP contribution in [0.15, 0.2) is 70.7 Å². The van der Waals surface area contributed by atoms with Crippen molar-refractivity contribution in [3.05, 3.63) is 83.1 Å². The minimum absolute atomic E-state index is 0.182. The van der Waals surface area contributed by atoms with E-state index in [-0.39, 0.29) is 35.8 Å². The van der Waals surface area contributed by atoms with E-state index in [2.05, 4.69) is 5.32 Å². The molecule has 0 spiro atoms. The smallest absolute Gasteiger partial charge is 0.340 e. The van der Waals surface area contributed by atoms with Crippen LogP contribution in [-0.4, -0.2) is 31.1 Å². The molecule has 1 aromatic heterocycles. The molecule has 0 saturated heterocycles. The first-order valence-electron chi connectivity index (χ1n) is 10.5. The Hall–Kier alpha value is -4.64. The first kappa shape index (κ1) is 24.0. The van der Waals surface area contributed by atoms with E-state index in [1.165, 1.54) is 12.1 Å². The molecule has 0 bridgehead atoms. The summed E-state index contributed by atoms with van der Waals surface area (Å²) in [7, 11) is 0. The second-order valence-corrected chi connectivity index (χ2v) is 6.89. The van der Waals surface area contributed by atoms with Crippen molar-refractivity contribution in [3.8, 4) is 17.4 Å². The van der Waals surface area contributed by atoms with Crippen LogP contribution in [0, 0.1) is 11.3 Å². The van der Waals surface area contributed by atoms with Crippen molar-refractivity contribution < 1.29 is 28.3 Å². The van der Waals surface area contributed by atoms with Gasteiger partial charge in [-0.2, -0.15) is 5.26 Å². The quantitative estimate of drug-likeness (QED) is 0.291. The second kappa shape index (κ2) is 11.3. The van der Waals surface area contributed by atoms with Crippen molar-refractivity contribution in [2.75, 3.05) is 18.5 Å². The molecule has 0 saturated carbocycles. The molecular weight excluding hydrogens is 436 g/mol. The highest BCUT2D eigenvalue weighted by atomic mass is 16.5. The molecule has 2 aromatic carbocycles. The van der Waals surface area contributed by atoms with E-state index in [4.69, 9.17) is 13.9 Å². The fourth-order valence-corrected chi connectivity index (χ4v) is 3.03. The molecule has 1 N–H and O–H groups in total. The van der Waals surface area contributed by atoms with Crippen molar-refractivity contribution in [2.24, 2.45) is 0 Å². The van der Waals surface area contributed by atoms with E-state index in [0.29, 0.717) is 16.9 Å². The second-order valence-electron chi connectivity index (χ2n) is 6.89. The van der Waals surface area contributed by atoms with Gasteiger partial charge in [-0.25, -0.2) is 9.59 Å². The van der Waals surface area contributed by atoms with Crippen LogP contribution in [0.3, 0.4) is 0 Å². The van der Waals surface area contributed by atoms with Gasteiger partial charge < -0.3 is 19.2 Å². The summed E-state index contributed by atoms with van der Waals surface area (Å²) in [5.74, 6) is -0.908. The third-order valence-electron chi connectivity index (χ3n) is 4.63. The van der Waals surface area contributed by atoms with Gasteiger partial charge in [0.15, 0.2) is 0 Å². The molecule has 1 heterocycles. The maximum Gasteiger partial charge on any atom is 0.340 e. The van der Waals surface area contributed by atoms with Crippen molar-refractivity contribution >= 4 is 29.6 Å². The summed E-state index contributed by atoms with van der Waals surface area (Å²) in [5.41, 5.74) is 1.33. The van der Waals surface area contributed by atoms with Gasteiger partial charge in [0, 0.05) is 11.6 Å². The van der Waals surface area contributed by atoms with Crippen LogP contribution in [-0.2, 0) is 14.3 Å². The minimum Gasteiger partial charge on any atom is -0.462 e. The normalized spacial score (nSPS) is 10.8. The van der Waals surface area contributed by atoms with Gasteiger partial charge in [-0.1, -0.05) is 24.3 Å². The van der Waals surface area contributed by atoms with Crippen LogP contribution >= 0.6 is 0 Å². The monoisotopic (exact) mass is 458 g/mol. The van der Waals surface area contributed by atoms with Crippen LogP contribution in [0.4, 0.5) is 5.69 Å². The van der Waals surface area contributed by atoms with Crippen LogP contribution in [0.2, 0.25) is 0 Å². The maximum atomic E-state index is 12.7. The zero-order valence-corrected chi connectivity index (χ0v) is 18.7. The summed E-state index contributed by atoms with van der Waals surface area (Å²) < 4.78 is 15.7. The number of nitrogens with zero attached hydrogens (tertiary/aromatic N) is 1. The fourth-order valence-electron chi connectivity index (χ4n) is 3.03. The lowest BCUT2D eigenvalue weighted by atomic mass is 10.1. The summed E-state index contributed by atoms with van der Waals surface area (Å²) in [5, 5.41) is 12.1. The predicted octanol–water partition coefficient (Wildman–Crippen LogP) is 4.85. The summed E-state index contributed by atoms with van der Waals surface area (Å²) in [6.07, 6.45) is 1.30. The highest BCUT2D eigenvalue weighted by Gasteiger charge is 2.17.